The fourth-order valence-electron chi connectivity index (χ4n) is 3.11. The van der Waals surface area contributed by atoms with Gasteiger partial charge in [0.05, 0.1) is 5.54 Å². The number of benzene rings is 2. The van der Waals surface area contributed by atoms with E-state index in [9.17, 15) is 4.79 Å². The Labute approximate surface area is 134 Å². The van der Waals surface area contributed by atoms with Crippen LogP contribution in [0.2, 0.25) is 0 Å². The largest absolute Gasteiger partial charge is 0.384 e. The molecule has 114 valence electrons. The fraction of sp³-hybridized carbons (Fsp3) is 0.158. The molecule has 1 aliphatic rings. The monoisotopic (exact) mass is 303 g/mol. The van der Waals surface area contributed by atoms with Crippen LogP contribution < -0.4 is 11.1 Å². The maximum absolute atomic E-state index is 12.6. The molecule has 1 aliphatic carbocycles. The summed E-state index contributed by atoms with van der Waals surface area (Å²) in [5, 5.41) is 5.59. The van der Waals surface area contributed by atoms with E-state index in [1.807, 2.05) is 18.2 Å². The molecule has 4 nitrogen and oxygen atoms in total. The first-order valence-corrected chi connectivity index (χ1v) is 7.70. The van der Waals surface area contributed by atoms with Gasteiger partial charge in [0, 0.05) is 11.8 Å². The second kappa shape index (κ2) is 5.09. The lowest BCUT2D eigenvalue weighted by Crippen LogP contribution is -2.35. The van der Waals surface area contributed by atoms with Crippen LogP contribution >= 0.6 is 0 Å². The zero-order chi connectivity index (χ0) is 15.9. The molecule has 0 spiro atoms. The summed E-state index contributed by atoms with van der Waals surface area (Å²) in [5.74, 6) is 0.247. The first kappa shape index (κ1) is 13.8. The molecule has 1 heterocycles. The number of amides is 1. The number of nitrogens with zero attached hydrogens (tertiary/aromatic N) is 1. The van der Waals surface area contributed by atoms with Gasteiger partial charge in [-0.1, -0.05) is 42.5 Å². The summed E-state index contributed by atoms with van der Waals surface area (Å²) in [5.41, 5.74) is 7.13. The van der Waals surface area contributed by atoms with Crippen LogP contribution in [0.3, 0.4) is 0 Å². The predicted molar refractivity (Wildman–Crippen MR) is 91.0 cm³/mol. The Morgan fingerprint density at radius 2 is 1.87 bits per heavy atom. The van der Waals surface area contributed by atoms with Gasteiger partial charge in [-0.2, -0.15) is 0 Å². The van der Waals surface area contributed by atoms with E-state index >= 15 is 0 Å². The Kier molecular flexibility index (Phi) is 3.05. The van der Waals surface area contributed by atoms with E-state index in [-0.39, 0.29) is 11.4 Å². The van der Waals surface area contributed by atoms with Crippen molar-refractivity contribution in [3.63, 3.8) is 0 Å². The van der Waals surface area contributed by atoms with Crippen LogP contribution in [0.1, 0.15) is 28.8 Å². The Morgan fingerprint density at radius 3 is 2.65 bits per heavy atom. The maximum Gasteiger partial charge on any atom is 0.252 e. The molecule has 0 radical (unpaired) electrons. The van der Waals surface area contributed by atoms with Gasteiger partial charge in [-0.25, -0.2) is 4.98 Å². The van der Waals surface area contributed by atoms with E-state index in [4.69, 9.17) is 5.73 Å². The van der Waals surface area contributed by atoms with E-state index in [0.717, 1.165) is 12.8 Å². The normalized spacial score (nSPS) is 15.3. The fourth-order valence-corrected chi connectivity index (χ4v) is 3.11. The first-order valence-electron chi connectivity index (χ1n) is 7.70. The molecule has 0 aliphatic heterocycles. The third-order valence-electron chi connectivity index (χ3n) is 4.45. The number of hydrogen-bond acceptors (Lipinski definition) is 3. The van der Waals surface area contributed by atoms with Crippen LogP contribution in [0.25, 0.3) is 10.8 Å². The summed E-state index contributed by atoms with van der Waals surface area (Å²) in [6.45, 7) is 0. The lowest BCUT2D eigenvalue weighted by atomic mass is 9.96. The number of rotatable bonds is 3. The highest BCUT2D eigenvalue weighted by Gasteiger charge is 2.46. The van der Waals surface area contributed by atoms with Crippen molar-refractivity contribution in [2.75, 3.05) is 5.73 Å². The second-order valence-corrected chi connectivity index (χ2v) is 6.03. The Hall–Kier alpha value is -2.88. The first-order chi connectivity index (χ1) is 11.2. The minimum atomic E-state index is -0.268. The molecule has 4 heteroatoms. The topological polar surface area (TPSA) is 68.0 Å². The van der Waals surface area contributed by atoms with Crippen LogP contribution in [0.5, 0.6) is 0 Å². The molecule has 0 atom stereocenters. The molecular formula is C19H17N3O. The maximum atomic E-state index is 12.6. The molecule has 3 N–H and O–H groups in total. The third-order valence-corrected chi connectivity index (χ3v) is 4.45. The lowest BCUT2D eigenvalue weighted by Gasteiger charge is -2.20. The molecule has 1 amide bonds. The number of fused-ring (bicyclic) bond motifs is 1. The molecule has 0 bridgehead atoms. The molecule has 1 aromatic heterocycles. The molecule has 0 unspecified atom stereocenters. The molecule has 1 fully saturated rings. The molecule has 4 rings (SSSR count). The van der Waals surface area contributed by atoms with Crippen LogP contribution in [0.15, 0.2) is 60.8 Å². The van der Waals surface area contributed by atoms with E-state index in [0.29, 0.717) is 11.4 Å². The van der Waals surface area contributed by atoms with Crippen LogP contribution in [0.4, 0.5) is 5.82 Å². The molecule has 23 heavy (non-hydrogen) atoms. The van der Waals surface area contributed by atoms with Gasteiger partial charge in [-0.3, -0.25) is 4.79 Å². The van der Waals surface area contributed by atoms with E-state index < -0.39 is 0 Å². The second-order valence-electron chi connectivity index (χ2n) is 6.03. The van der Waals surface area contributed by atoms with Gasteiger partial charge in [0.2, 0.25) is 0 Å². The highest BCUT2D eigenvalue weighted by Crippen LogP contribution is 2.48. The predicted octanol–water partition coefficient (Wildman–Crippen LogP) is 3.24. The number of aromatic nitrogens is 1. The summed E-state index contributed by atoms with van der Waals surface area (Å²) in [4.78, 5) is 16.5. The summed E-state index contributed by atoms with van der Waals surface area (Å²) in [6.07, 6.45) is 3.46. The van der Waals surface area contributed by atoms with Crippen molar-refractivity contribution in [3.8, 4) is 0 Å². The average Bonchev–Trinajstić information content (AvgIpc) is 3.35. The van der Waals surface area contributed by atoms with Crippen molar-refractivity contribution < 1.29 is 4.79 Å². The number of nitrogen functional groups attached to an aromatic ring is 1. The number of nitrogens with one attached hydrogen (secondary N) is 1. The van der Waals surface area contributed by atoms with Crippen molar-refractivity contribution in [2.24, 2.45) is 0 Å². The number of anilines is 1. The minimum Gasteiger partial charge on any atom is -0.384 e. The van der Waals surface area contributed by atoms with E-state index in [2.05, 4.69) is 34.6 Å². The Balaban J connectivity index is 1.69. The number of carbonyl (C=O) groups is 1. The van der Waals surface area contributed by atoms with Gasteiger partial charge in [-0.15, -0.1) is 0 Å². The van der Waals surface area contributed by atoms with Gasteiger partial charge >= 0.3 is 0 Å². The third kappa shape index (κ3) is 2.42. The Bertz CT molecular complexity index is 895. The average molecular weight is 303 g/mol. The van der Waals surface area contributed by atoms with Crippen molar-refractivity contribution in [1.82, 2.24) is 10.3 Å². The zero-order valence-electron chi connectivity index (χ0n) is 12.6. The van der Waals surface area contributed by atoms with E-state index in [1.165, 1.54) is 16.3 Å². The molecule has 3 aromatic rings. The minimum absolute atomic E-state index is 0.107. The van der Waals surface area contributed by atoms with Crippen LogP contribution in [-0.2, 0) is 5.54 Å². The van der Waals surface area contributed by atoms with Crippen molar-refractivity contribution in [2.45, 2.75) is 18.4 Å². The molecular weight excluding hydrogens is 286 g/mol. The number of hydrogen-bond donors (Lipinski definition) is 2. The van der Waals surface area contributed by atoms with Crippen molar-refractivity contribution in [1.29, 1.82) is 0 Å². The van der Waals surface area contributed by atoms with Crippen molar-refractivity contribution >= 4 is 22.5 Å². The Morgan fingerprint density at radius 1 is 1.09 bits per heavy atom. The summed E-state index contributed by atoms with van der Waals surface area (Å²) >= 11 is 0. The van der Waals surface area contributed by atoms with Gasteiger partial charge in [0.1, 0.15) is 5.82 Å². The van der Waals surface area contributed by atoms with Gasteiger partial charge in [0.15, 0.2) is 0 Å². The lowest BCUT2D eigenvalue weighted by molar-refractivity contribution is 0.0931. The summed E-state index contributed by atoms with van der Waals surface area (Å²) < 4.78 is 0. The number of nitrogens with two attached hydrogens (primary N) is 1. The molecule has 0 saturated heterocycles. The van der Waals surface area contributed by atoms with Gasteiger partial charge < -0.3 is 11.1 Å². The number of carbonyl (C=O) groups excluding carboxylic acids is 1. The summed E-state index contributed by atoms with van der Waals surface area (Å²) in [6, 6.07) is 17.8. The van der Waals surface area contributed by atoms with Gasteiger partial charge in [-0.05, 0) is 41.3 Å². The quantitative estimate of drug-likeness (QED) is 0.780. The van der Waals surface area contributed by atoms with Crippen LogP contribution in [0, 0.1) is 0 Å². The van der Waals surface area contributed by atoms with Crippen molar-refractivity contribution in [3.05, 3.63) is 71.9 Å². The highest BCUT2D eigenvalue weighted by molar-refractivity contribution is 5.96. The molecule has 2 aromatic carbocycles. The SMILES string of the molecule is Nc1cc(C(=O)NC2(c3cccc4ccccc34)CC2)ccn1. The van der Waals surface area contributed by atoms with Crippen LogP contribution in [-0.4, -0.2) is 10.9 Å². The smallest absolute Gasteiger partial charge is 0.252 e. The standard InChI is InChI=1S/C19H17N3O/c20-17-12-14(8-11-21-17)18(23)22-19(9-10-19)16-7-3-5-13-4-1-2-6-15(13)16/h1-8,11-12H,9-10H2,(H2,20,21)(H,22,23). The zero-order valence-corrected chi connectivity index (χ0v) is 12.6. The number of pyridine rings is 1. The highest BCUT2D eigenvalue weighted by atomic mass is 16.1. The molecule has 1 saturated carbocycles. The van der Waals surface area contributed by atoms with E-state index in [1.54, 1.807) is 18.3 Å². The summed E-state index contributed by atoms with van der Waals surface area (Å²) in [7, 11) is 0. The van der Waals surface area contributed by atoms with Gasteiger partial charge in [0.25, 0.3) is 5.91 Å².